The molecule has 2 N–H and O–H groups in total. The van der Waals surface area contributed by atoms with Gasteiger partial charge in [0.25, 0.3) is 5.91 Å². The number of aryl methyl sites for hydroxylation is 2. The number of rotatable bonds is 1. The molecular formula is C14H14N4O. The van der Waals surface area contributed by atoms with Crippen LogP contribution in [0.25, 0.3) is 10.9 Å². The second-order valence-corrected chi connectivity index (χ2v) is 4.55. The monoisotopic (exact) mass is 254 g/mol. The molecule has 0 spiro atoms. The molecule has 3 aromatic rings. The van der Waals surface area contributed by atoms with Crippen molar-refractivity contribution in [3.05, 3.63) is 47.9 Å². The van der Waals surface area contributed by atoms with Crippen molar-refractivity contribution in [2.75, 3.05) is 5.73 Å². The first-order chi connectivity index (χ1) is 9.09. The maximum Gasteiger partial charge on any atom is 0.280 e. The van der Waals surface area contributed by atoms with Crippen LogP contribution in [-0.2, 0) is 7.05 Å². The first-order valence-electron chi connectivity index (χ1n) is 5.99. The van der Waals surface area contributed by atoms with Crippen LogP contribution < -0.4 is 5.73 Å². The van der Waals surface area contributed by atoms with Crippen molar-refractivity contribution in [3.8, 4) is 0 Å². The van der Waals surface area contributed by atoms with Crippen molar-refractivity contribution in [3.63, 3.8) is 0 Å². The Kier molecular flexibility index (Phi) is 2.41. The number of carbonyl (C=O) groups is 1. The van der Waals surface area contributed by atoms with Crippen LogP contribution in [0.4, 0.5) is 5.69 Å². The summed E-state index contributed by atoms with van der Waals surface area (Å²) in [6, 6.07) is 9.29. The molecule has 0 unspecified atom stereocenters. The number of nitrogens with two attached hydrogens (primary N) is 1. The summed E-state index contributed by atoms with van der Waals surface area (Å²) in [7, 11) is 1.75. The van der Waals surface area contributed by atoms with Gasteiger partial charge in [0, 0.05) is 24.3 Å². The highest BCUT2D eigenvalue weighted by Crippen LogP contribution is 2.25. The second kappa shape index (κ2) is 3.98. The van der Waals surface area contributed by atoms with Crippen molar-refractivity contribution in [2.45, 2.75) is 6.92 Å². The number of hydrogen-bond donors (Lipinski definition) is 1. The summed E-state index contributed by atoms with van der Waals surface area (Å²) in [6.45, 7) is 1.90. The molecule has 2 aromatic heterocycles. The number of anilines is 1. The largest absolute Gasteiger partial charge is 0.397 e. The summed E-state index contributed by atoms with van der Waals surface area (Å²) >= 11 is 0. The van der Waals surface area contributed by atoms with Gasteiger partial charge in [0.05, 0.1) is 11.2 Å². The molecule has 0 bridgehead atoms. The number of fused-ring (bicyclic) bond motifs is 1. The van der Waals surface area contributed by atoms with E-state index < -0.39 is 0 Å². The first kappa shape index (κ1) is 11.5. The van der Waals surface area contributed by atoms with E-state index in [1.165, 1.54) is 0 Å². The SMILES string of the molecule is Cc1cc2cccc(N)c2n1C(=O)c1ccnn1C. The van der Waals surface area contributed by atoms with Crippen LogP contribution in [0, 0.1) is 6.92 Å². The van der Waals surface area contributed by atoms with Crippen LogP contribution in [-0.4, -0.2) is 20.3 Å². The predicted molar refractivity (Wildman–Crippen MR) is 74.0 cm³/mol. The van der Waals surface area contributed by atoms with Crippen LogP contribution in [0.5, 0.6) is 0 Å². The van der Waals surface area contributed by atoms with Gasteiger partial charge in [-0.15, -0.1) is 0 Å². The quantitative estimate of drug-likeness (QED) is 0.675. The molecule has 0 saturated carbocycles. The minimum Gasteiger partial charge on any atom is -0.397 e. The Bertz CT molecular complexity index is 782. The van der Waals surface area contributed by atoms with Gasteiger partial charge in [-0.3, -0.25) is 14.0 Å². The van der Waals surface area contributed by atoms with Gasteiger partial charge in [-0.1, -0.05) is 12.1 Å². The van der Waals surface area contributed by atoms with E-state index in [1.807, 2.05) is 25.1 Å². The van der Waals surface area contributed by atoms with Gasteiger partial charge >= 0.3 is 0 Å². The molecule has 96 valence electrons. The number of carbonyl (C=O) groups excluding carboxylic acids is 1. The van der Waals surface area contributed by atoms with Crippen molar-refractivity contribution in [2.24, 2.45) is 7.05 Å². The van der Waals surface area contributed by atoms with E-state index in [1.54, 1.807) is 34.6 Å². The highest BCUT2D eigenvalue weighted by molar-refractivity contribution is 6.05. The molecule has 0 atom stereocenters. The molecule has 1 aromatic carbocycles. The van der Waals surface area contributed by atoms with Crippen molar-refractivity contribution in [1.29, 1.82) is 0 Å². The van der Waals surface area contributed by atoms with Crippen LogP contribution in [0.2, 0.25) is 0 Å². The molecule has 0 fully saturated rings. The minimum absolute atomic E-state index is 0.120. The Morgan fingerprint density at radius 1 is 1.32 bits per heavy atom. The average Bonchev–Trinajstić information content (AvgIpc) is 2.92. The number of benzene rings is 1. The van der Waals surface area contributed by atoms with E-state index in [0.29, 0.717) is 11.4 Å². The molecule has 19 heavy (non-hydrogen) atoms. The summed E-state index contributed by atoms with van der Waals surface area (Å²) in [5.41, 5.74) is 8.75. The van der Waals surface area contributed by atoms with E-state index in [9.17, 15) is 4.79 Å². The normalized spacial score (nSPS) is 11.1. The van der Waals surface area contributed by atoms with Gasteiger partial charge in [0.2, 0.25) is 0 Å². The highest BCUT2D eigenvalue weighted by Gasteiger charge is 2.18. The molecule has 2 heterocycles. The molecular weight excluding hydrogens is 240 g/mol. The summed E-state index contributed by atoms with van der Waals surface area (Å²) in [4.78, 5) is 12.6. The fourth-order valence-corrected chi connectivity index (χ4v) is 2.38. The van der Waals surface area contributed by atoms with Gasteiger partial charge in [0.1, 0.15) is 5.69 Å². The van der Waals surface area contributed by atoms with Crippen LogP contribution >= 0.6 is 0 Å². The van der Waals surface area contributed by atoms with Gasteiger partial charge < -0.3 is 5.73 Å². The van der Waals surface area contributed by atoms with Gasteiger partial charge in [0.15, 0.2) is 0 Å². The molecule has 3 rings (SSSR count). The van der Waals surface area contributed by atoms with Gasteiger partial charge in [-0.25, -0.2) is 0 Å². The third kappa shape index (κ3) is 1.62. The van der Waals surface area contributed by atoms with E-state index in [2.05, 4.69) is 5.10 Å². The zero-order valence-corrected chi connectivity index (χ0v) is 10.8. The Labute approximate surface area is 110 Å². The second-order valence-electron chi connectivity index (χ2n) is 4.55. The van der Waals surface area contributed by atoms with E-state index in [0.717, 1.165) is 16.6 Å². The molecule has 0 amide bonds. The lowest BCUT2D eigenvalue weighted by atomic mass is 10.2. The number of para-hydroxylation sites is 1. The number of aromatic nitrogens is 3. The van der Waals surface area contributed by atoms with Crippen LogP contribution in [0.1, 0.15) is 16.2 Å². The number of nitrogen functional groups attached to an aromatic ring is 1. The van der Waals surface area contributed by atoms with E-state index >= 15 is 0 Å². The first-order valence-corrected chi connectivity index (χ1v) is 5.99. The van der Waals surface area contributed by atoms with Crippen LogP contribution in [0.15, 0.2) is 36.5 Å². The molecule has 5 nitrogen and oxygen atoms in total. The molecule has 0 aliphatic heterocycles. The predicted octanol–water partition coefficient (Wildman–Crippen LogP) is 1.95. The fraction of sp³-hybridized carbons (Fsp3) is 0.143. The van der Waals surface area contributed by atoms with Crippen LogP contribution in [0.3, 0.4) is 0 Å². The topological polar surface area (TPSA) is 65.8 Å². The Balaban J connectivity index is 2.29. The third-order valence-electron chi connectivity index (χ3n) is 3.28. The Hall–Kier alpha value is -2.56. The van der Waals surface area contributed by atoms with Crippen molar-refractivity contribution >= 4 is 22.5 Å². The number of nitrogens with zero attached hydrogens (tertiary/aromatic N) is 3. The summed E-state index contributed by atoms with van der Waals surface area (Å²) < 4.78 is 3.20. The lowest BCUT2D eigenvalue weighted by Crippen LogP contribution is -2.17. The molecule has 0 saturated heterocycles. The zero-order valence-electron chi connectivity index (χ0n) is 10.8. The lowest BCUT2D eigenvalue weighted by Gasteiger charge is -2.08. The molecule has 0 aliphatic carbocycles. The van der Waals surface area contributed by atoms with E-state index in [4.69, 9.17) is 5.73 Å². The molecule has 0 aliphatic rings. The van der Waals surface area contributed by atoms with Gasteiger partial charge in [-0.05, 0) is 25.1 Å². The summed E-state index contributed by atoms with van der Waals surface area (Å²) in [5, 5.41) is 5.00. The highest BCUT2D eigenvalue weighted by atomic mass is 16.2. The van der Waals surface area contributed by atoms with Gasteiger partial charge in [-0.2, -0.15) is 5.10 Å². The molecule has 0 radical (unpaired) electrons. The zero-order chi connectivity index (χ0) is 13.6. The summed E-state index contributed by atoms with van der Waals surface area (Å²) in [5.74, 6) is -0.120. The Morgan fingerprint density at radius 2 is 2.11 bits per heavy atom. The third-order valence-corrected chi connectivity index (χ3v) is 3.28. The maximum absolute atomic E-state index is 12.6. The number of hydrogen-bond acceptors (Lipinski definition) is 3. The minimum atomic E-state index is -0.120. The fourth-order valence-electron chi connectivity index (χ4n) is 2.38. The molecule has 5 heteroatoms. The van der Waals surface area contributed by atoms with Crippen molar-refractivity contribution in [1.82, 2.24) is 14.3 Å². The lowest BCUT2D eigenvalue weighted by molar-refractivity contribution is 0.0954. The Morgan fingerprint density at radius 3 is 2.79 bits per heavy atom. The standard InChI is InChI=1S/C14H14N4O/c1-9-8-10-4-3-5-11(15)13(10)18(9)14(19)12-6-7-16-17(12)2/h3-8H,15H2,1-2H3. The maximum atomic E-state index is 12.6. The van der Waals surface area contributed by atoms with E-state index in [-0.39, 0.29) is 5.91 Å². The smallest absolute Gasteiger partial charge is 0.280 e. The average molecular weight is 254 g/mol. The van der Waals surface area contributed by atoms with Crippen molar-refractivity contribution < 1.29 is 4.79 Å². The summed E-state index contributed by atoms with van der Waals surface area (Å²) in [6.07, 6.45) is 1.61.